The fourth-order valence-corrected chi connectivity index (χ4v) is 1.30. The van der Waals surface area contributed by atoms with Crippen molar-refractivity contribution in [2.45, 2.75) is 19.8 Å². The highest BCUT2D eigenvalue weighted by molar-refractivity contribution is 6.35. The van der Waals surface area contributed by atoms with Crippen molar-refractivity contribution in [1.29, 1.82) is 0 Å². The van der Waals surface area contributed by atoms with Crippen molar-refractivity contribution in [3.63, 3.8) is 0 Å². The molecule has 1 N–H and O–H groups in total. The summed E-state index contributed by atoms with van der Waals surface area (Å²) >= 11 is 0. The zero-order chi connectivity index (χ0) is 10.6. The molecule has 1 rings (SSSR count). The van der Waals surface area contributed by atoms with Crippen molar-refractivity contribution in [3.8, 4) is 0 Å². The monoisotopic (exact) mass is 198 g/mol. The third-order valence-corrected chi connectivity index (χ3v) is 2.11. The predicted octanol–water partition coefficient (Wildman–Crippen LogP) is -0.686. The van der Waals surface area contributed by atoms with E-state index in [0.717, 1.165) is 6.42 Å². The molecule has 0 spiro atoms. The van der Waals surface area contributed by atoms with Gasteiger partial charge in [-0.1, -0.05) is 0 Å². The van der Waals surface area contributed by atoms with Gasteiger partial charge in [0.15, 0.2) is 0 Å². The molecule has 2 amide bonds. The van der Waals surface area contributed by atoms with E-state index in [1.54, 1.807) is 0 Å². The number of ketones is 1. The van der Waals surface area contributed by atoms with Gasteiger partial charge in [-0.15, -0.1) is 0 Å². The Morgan fingerprint density at radius 3 is 2.86 bits per heavy atom. The smallest absolute Gasteiger partial charge is 0.311 e. The third-order valence-electron chi connectivity index (χ3n) is 2.11. The molecule has 0 aromatic heterocycles. The maximum Gasteiger partial charge on any atom is 0.311 e. The highest BCUT2D eigenvalue weighted by Crippen LogP contribution is 1.99. The molecule has 0 bridgehead atoms. The van der Waals surface area contributed by atoms with Gasteiger partial charge in [-0.05, 0) is 13.3 Å². The Balaban J connectivity index is 2.52. The Morgan fingerprint density at radius 2 is 2.21 bits per heavy atom. The van der Waals surface area contributed by atoms with E-state index in [-0.39, 0.29) is 5.78 Å². The summed E-state index contributed by atoms with van der Waals surface area (Å²) in [5.74, 6) is -1.06. The van der Waals surface area contributed by atoms with Crippen molar-refractivity contribution >= 4 is 17.6 Å². The fourth-order valence-electron chi connectivity index (χ4n) is 1.30. The van der Waals surface area contributed by atoms with Crippen molar-refractivity contribution in [3.05, 3.63) is 0 Å². The summed E-state index contributed by atoms with van der Waals surface area (Å²) in [4.78, 5) is 34.6. The molecule has 5 heteroatoms. The zero-order valence-corrected chi connectivity index (χ0v) is 8.21. The summed E-state index contributed by atoms with van der Waals surface area (Å²) in [7, 11) is 0. The lowest BCUT2D eigenvalue weighted by Crippen LogP contribution is -2.40. The molecule has 0 unspecified atom stereocenters. The molecule has 5 nitrogen and oxygen atoms in total. The lowest BCUT2D eigenvalue weighted by Gasteiger charge is -2.17. The minimum absolute atomic E-state index is 0.0301. The molecule has 1 heterocycles. The van der Waals surface area contributed by atoms with Gasteiger partial charge in [0.1, 0.15) is 5.78 Å². The summed E-state index contributed by atoms with van der Waals surface area (Å²) in [5, 5.41) is 2.50. The number of rotatable bonds is 3. The van der Waals surface area contributed by atoms with Crippen LogP contribution < -0.4 is 5.32 Å². The Labute approximate surface area is 82.4 Å². The second kappa shape index (κ2) is 4.74. The number of carbonyl (C=O) groups excluding carboxylic acids is 3. The van der Waals surface area contributed by atoms with E-state index in [1.807, 2.05) is 0 Å². The number of Topliss-reactive ketones (excluding diaryl/α,β-unsaturated/α-hetero) is 1. The van der Waals surface area contributed by atoms with Gasteiger partial charge in [0, 0.05) is 26.1 Å². The van der Waals surface area contributed by atoms with Crippen LogP contribution in [0.4, 0.5) is 0 Å². The van der Waals surface area contributed by atoms with Crippen LogP contribution in [-0.2, 0) is 14.4 Å². The van der Waals surface area contributed by atoms with Crippen LogP contribution in [0.2, 0.25) is 0 Å². The van der Waals surface area contributed by atoms with Gasteiger partial charge >= 0.3 is 11.8 Å². The van der Waals surface area contributed by atoms with Gasteiger partial charge in [0.2, 0.25) is 0 Å². The maximum atomic E-state index is 11.4. The van der Waals surface area contributed by atoms with Crippen LogP contribution in [-0.4, -0.2) is 42.1 Å². The number of hydrogen-bond acceptors (Lipinski definition) is 3. The average molecular weight is 198 g/mol. The van der Waals surface area contributed by atoms with Gasteiger partial charge in [0.05, 0.1) is 0 Å². The number of amides is 2. The lowest BCUT2D eigenvalue weighted by molar-refractivity contribution is -0.145. The molecule has 78 valence electrons. The maximum absolute atomic E-state index is 11.4. The summed E-state index contributed by atoms with van der Waals surface area (Å²) in [5.41, 5.74) is 0. The van der Waals surface area contributed by atoms with Crippen LogP contribution in [0.3, 0.4) is 0 Å². The number of nitrogens with zero attached hydrogens (tertiary/aromatic N) is 1. The zero-order valence-electron chi connectivity index (χ0n) is 8.21. The van der Waals surface area contributed by atoms with E-state index >= 15 is 0 Å². The van der Waals surface area contributed by atoms with Crippen LogP contribution in [0.15, 0.2) is 0 Å². The molecule has 0 atom stereocenters. The van der Waals surface area contributed by atoms with Crippen molar-refractivity contribution < 1.29 is 14.4 Å². The van der Waals surface area contributed by atoms with Crippen molar-refractivity contribution in [1.82, 2.24) is 10.2 Å². The minimum atomic E-state index is -0.564. The van der Waals surface area contributed by atoms with Gasteiger partial charge in [-0.25, -0.2) is 0 Å². The number of hydrogen-bond donors (Lipinski definition) is 1. The van der Waals surface area contributed by atoms with E-state index < -0.39 is 11.8 Å². The summed E-state index contributed by atoms with van der Waals surface area (Å²) in [6.45, 7) is 2.90. The summed E-state index contributed by atoms with van der Waals surface area (Å²) in [6.07, 6.45) is 1.06. The highest BCUT2D eigenvalue weighted by atomic mass is 16.2. The third kappa shape index (κ3) is 2.83. The first-order chi connectivity index (χ1) is 6.61. The molecule has 0 aromatic rings. The van der Waals surface area contributed by atoms with E-state index in [1.165, 1.54) is 11.8 Å². The van der Waals surface area contributed by atoms with Crippen LogP contribution in [0.25, 0.3) is 0 Å². The molecular formula is C9H14N2O3. The van der Waals surface area contributed by atoms with Crippen molar-refractivity contribution in [2.75, 3.05) is 19.6 Å². The van der Waals surface area contributed by atoms with Crippen molar-refractivity contribution in [2.24, 2.45) is 0 Å². The standard InChI is InChI=1S/C9H14N2O3/c1-7(12)3-6-11-5-2-4-10-8(13)9(11)14/h2-6H2,1H3,(H,10,13). The first kappa shape index (κ1) is 10.7. The molecule has 1 fully saturated rings. The molecule has 0 saturated carbocycles. The summed E-state index contributed by atoms with van der Waals surface area (Å²) in [6, 6.07) is 0. The first-order valence-electron chi connectivity index (χ1n) is 4.68. The predicted molar refractivity (Wildman–Crippen MR) is 49.5 cm³/mol. The lowest BCUT2D eigenvalue weighted by atomic mass is 10.3. The Morgan fingerprint density at radius 1 is 1.50 bits per heavy atom. The molecule has 0 aromatic carbocycles. The van der Waals surface area contributed by atoms with Crippen LogP contribution in [0.1, 0.15) is 19.8 Å². The van der Waals surface area contributed by atoms with E-state index in [4.69, 9.17) is 0 Å². The van der Waals surface area contributed by atoms with Gasteiger partial charge in [-0.2, -0.15) is 0 Å². The van der Waals surface area contributed by atoms with Crippen LogP contribution in [0.5, 0.6) is 0 Å². The quantitative estimate of drug-likeness (QED) is 0.611. The molecule has 14 heavy (non-hydrogen) atoms. The molecule has 1 aliphatic heterocycles. The number of nitrogens with one attached hydrogen (secondary N) is 1. The summed E-state index contributed by atoms with van der Waals surface area (Å²) < 4.78 is 0. The largest absolute Gasteiger partial charge is 0.348 e. The van der Waals surface area contributed by atoms with Gasteiger partial charge < -0.3 is 10.2 Å². The van der Waals surface area contributed by atoms with Crippen LogP contribution >= 0.6 is 0 Å². The Kier molecular flexibility index (Phi) is 3.62. The fraction of sp³-hybridized carbons (Fsp3) is 0.667. The Bertz CT molecular complexity index is 263. The second-order valence-electron chi connectivity index (χ2n) is 3.35. The van der Waals surface area contributed by atoms with E-state index in [9.17, 15) is 14.4 Å². The SMILES string of the molecule is CC(=O)CCN1CCCNC(=O)C1=O. The average Bonchev–Trinajstić information content (AvgIpc) is 2.28. The number of carbonyl (C=O) groups is 3. The molecule has 0 radical (unpaired) electrons. The minimum Gasteiger partial charge on any atom is -0.348 e. The van der Waals surface area contributed by atoms with Gasteiger partial charge in [-0.3, -0.25) is 14.4 Å². The van der Waals surface area contributed by atoms with E-state index in [2.05, 4.69) is 5.32 Å². The van der Waals surface area contributed by atoms with Gasteiger partial charge in [0.25, 0.3) is 0 Å². The topological polar surface area (TPSA) is 66.5 Å². The first-order valence-corrected chi connectivity index (χ1v) is 4.68. The molecule has 1 aliphatic rings. The van der Waals surface area contributed by atoms with Crippen LogP contribution in [0, 0.1) is 0 Å². The highest BCUT2D eigenvalue weighted by Gasteiger charge is 2.23. The molecule has 1 saturated heterocycles. The molecular weight excluding hydrogens is 184 g/mol. The van der Waals surface area contributed by atoms with E-state index in [0.29, 0.717) is 26.1 Å². The normalized spacial score (nSPS) is 17.6. The molecule has 0 aliphatic carbocycles. The second-order valence-corrected chi connectivity index (χ2v) is 3.35. The Hall–Kier alpha value is -1.39.